The number of imidazole rings is 1. The Balaban J connectivity index is 2.08. The van der Waals surface area contributed by atoms with Gasteiger partial charge in [-0.1, -0.05) is 19.1 Å². The van der Waals surface area contributed by atoms with E-state index in [9.17, 15) is 9.59 Å². The molecule has 3 rings (SSSR count). The first-order valence-corrected chi connectivity index (χ1v) is 7.12. The Labute approximate surface area is 127 Å². The first-order valence-electron chi connectivity index (χ1n) is 7.12. The molecular weight excluding hydrogens is 284 g/mol. The van der Waals surface area contributed by atoms with E-state index < -0.39 is 5.97 Å². The first kappa shape index (κ1) is 14.3. The van der Waals surface area contributed by atoms with Gasteiger partial charge in [0.1, 0.15) is 25.0 Å². The molecule has 0 radical (unpaired) electrons. The van der Waals surface area contributed by atoms with E-state index in [1.807, 2.05) is 29.7 Å². The molecule has 1 aromatic carbocycles. The highest BCUT2D eigenvalue weighted by Gasteiger charge is 2.27. The molecule has 0 bridgehead atoms. The number of ether oxygens (including phenoxy) is 2. The highest BCUT2D eigenvalue weighted by atomic mass is 16.5. The fourth-order valence-corrected chi connectivity index (χ4v) is 2.55. The molecule has 0 N–H and O–H groups in total. The predicted octanol–water partition coefficient (Wildman–Crippen LogP) is 2.24. The summed E-state index contributed by atoms with van der Waals surface area (Å²) in [5, 5.41) is 0. The Kier molecular flexibility index (Phi) is 3.66. The van der Waals surface area contributed by atoms with E-state index in [4.69, 9.17) is 9.47 Å². The minimum Gasteiger partial charge on any atom is -0.485 e. The van der Waals surface area contributed by atoms with E-state index >= 15 is 0 Å². The summed E-state index contributed by atoms with van der Waals surface area (Å²) in [7, 11) is 0. The number of benzene rings is 1. The third-order valence-corrected chi connectivity index (χ3v) is 3.67. The molecule has 1 unspecified atom stereocenters. The number of para-hydroxylation sites is 1. The molecule has 0 saturated heterocycles. The third kappa shape index (κ3) is 2.16. The van der Waals surface area contributed by atoms with Crippen LogP contribution in [0.5, 0.6) is 5.75 Å². The van der Waals surface area contributed by atoms with Crippen LogP contribution in [0.2, 0.25) is 0 Å². The van der Waals surface area contributed by atoms with Gasteiger partial charge in [0, 0.05) is 11.5 Å². The van der Waals surface area contributed by atoms with E-state index in [1.54, 1.807) is 13.3 Å². The lowest BCUT2D eigenvalue weighted by atomic mass is 10.00. The van der Waals surface area contributed by atoms with Crippen LogP contribution in [-0.4, -0.2) is 28.4 Å². The molecule has 1 aromatic heterocycles. The summed E-state index contributed by atoms with van der Waals surface area (Å²) in [6.07, 6.45) is 2.46. The minimum atomic E-state index is -0.458. The molecule has 1 aliphatic heterocycles. The molecule has 6 nitrogen and oxygen atoms in total. The maximum Gasteiger partial charge on any atom is 0.358 e. The number of aldehydes is 1. The van der Waals surface area contributed by atoms with Crippen molar-refractivity contribution >= 4 is 12.3 Å². The van der Waals surface area contributed by atoms with E-state index in [-0.39, 0.29) is 18.2 Å². The molecule has 0 amide bonds. The van der Waals surface area contributed by atoms with Gasteiger partial charge in [-0.3, -0.25) is 4.57 Å². The maximum absolute atomic E-state index is 11.9. The van der Waals surface area contributed by atoms with Crippen molar-refractivity contribution < 1.29 is 19.1 Å². The van der Waals surface area contributed by atoms with Gasteiger partial charge in [-0.05, 0) is 13.0 Å². The summed E-state index contributed by atoms with van der Waals surface area (Å²) >= 11 is 0. The van der Waals surface area contributed by atoms with Crippen LogP contribution < -0.4 is 4.74 Å². The average Bonchev–Trinajstić information content (AvgIpc) is 2.98. The van der Waals surface area contributed by atoms with Crippen LogP contribution in [0.15, 0.2) is 24.5 Å². The quantitative estimate of drug-likeness (QED) is 0.639. The second-order valence-corrected chi connectivity index (χ2v) is 5.04. The average molecular weight is 300 g/mol. The maximum atomic E-state index is 11.9. The number of hydrogen-bond acceptors (Lipinski definition) is 5. The van der Waals surface area contributed by atoms with Crippen LogP contribution in [0.25, 0.3) is 5.69 Å². The van der Waals surface area contributed by atoms with Crippen LogP contribution in [0.3, 0.4) is 0 Å². The largest absolute Gasteiger partial charge is 0.485 e. The SMILES string of the molecule is CCOC(=O)c1ncn2c1COc1c(C(C)C=O)cccc1-2. The smallest absolute Gasteiger partial charge is 0.358 e. The molecule has 0 fully saturated rings. The third-order valence-electron chi connectivity index (χ3n) is 3.67. The van der Waals surface area contributed by atoms with Crippen molar-refractivity contribution in [2.75, 3.05) is 6.61 Å². The van der Waals surface area contributed by atoms with Crippen molar-refractivity contribution in [2.24, 2.45) is 0 Å². The van der Waals surface area contributed by atoms with Gasteiger partial charge in [0.05, 0.1) is 18.0 Å². The standard InChI is InChI=1S/C16H16N2O4/c1-3-21-16(20)14-13-8-22-15-11(10(2)7-19)5-4-6-12(15)18(13)9-17-14/h4-7,9-10H,3,8H2,1-2H3. The molecule has 22 heavy (non-hydrogen) atoms. The van der Waals surface area contributed by atoms with Crippen molar-refractivity contribution in [3.8, 4) is 11.4 Å². The summed E-state index contributed by atoms with van der Waals surface area (Å²) in [4.78, 5) is 27.1. The number of nitrogens with zero attached hydrogens (tertiary/aromatic N) is 2. The van der Waals surface area contributed by atoms with Gasteiger partial charge < -0.3 is 14.3 Å². The number of hydrogen-bond donors (Lipinski definition) is 0. The monoisotopic (exact) mass is 300 g/mol. The summed E-state index contributed by atoms with van der Waals surface area (Å²) in [6, 6.07) is 5.60. The zero-order valence-corrected chi connectivity index (χ0v) is 12.4. The molecule has 6 heteroatoms. The Morgan fingerprint density at radius 3 is 3.09 bits per heavy atom. The van der Waals surface area contributed by atoms with Crippen molar-refractivity contribution in [3.05, 3.63) is 41.5 Å². The summed E-state index contributed by atoms with van der Waals surface area (Å²) in [5.41, 5.74) is 2.52. The number of aromatic nitrogens is 2. The molecule has 114 valence electrons. The number of esters is 1. The summed E-state index contributed by atoms with van der Waals surface area (Å²) < 4.78 is 12.6. The van der Waals surface area contributed by atoms with Gasteiger partial charge in [-0.15, -0.1) is 0 Å². The van der Waals surface area contributed by atoms with Crippen molar-refractivity contribution in [1.82, 2.24) is 9.55 Å². The van der Waals surface area contributed by atoms with Crippen LogP contribution in [0, 0.1) is 0 Å². The van der Waals surface area contributed by atoms with E-state index in [1.165, 1.54) is 0 Å². The fraction of sp³-hybridized carbons (Fsp3) is 0.312. The second-order valence-electron chi connectivity index (χ2n) is 5.04. The number of fused-ring (bicyclic) bond motifs is 3. The van der Waals surface area contributed by atoms with Crippen LogP contribution in [-0.2, 0) is 16.1 Å². The molecule has 0 aliphatic carbocycles. The Morgan fingerprint density at radius 2 is 2.36 bits per heavy atom. The minimum absolute atomic E-state index is 0.212. The van der Waals surface area contributed by atoms with Crippen LogP contribution in [0.4, 0.5) is 0 Å². The lowest BCUT2D eigenvalue weighted by Gasteiger charge is -2.23. The molecule has 1 atom stereocenters. The number of rotatable bonds is 4. The normalized spacial score (nSPS) is 13.5. The van der Waals surface area contributed by atoms with Crippen molar-refractivity contribution in [1.29, 1.82) is 0 Å². The lowest BCUT2D eigenvalue weighted by molar-refractivity contribution is -0.108. The zero-order chi connectivity index (χ0) is 15.7. The van der Waals surface area contributed by atoms with Gasteiger partial charge in [0.2, 0.25) is 0 Å². The Bertz CT molecular complexity index is 736. The first-order chi connectivity index (χ1) is 10.7. The highest BCUT2D eigenvalue weighted by Crippen LogP contribution is 2.37. The molecular formula is C16H16N2O4. The van der Waals surface area contributed by atoms with E-state index in [0.29, 0.717) is 18.1 Å². The molecule has 1 aliphatic rings. The number of carbonyl (C=O) groups excluding carboxylic acids is 2. The van der Waals surface area contributed by atoms with Gasteiger partial charge >= 0.3 is 5.97 Å². The second kappa shape index (κ2) is 5.63. The summed E-state index contributed by atoms with van der Waals surface area (Å²) in [5.74, 6) is -0.0623. The van der Waals surface area contributed by atoms with E-state index in [0.717, 1.165) is 17.5 Å². The van der Waals surface area contributed by atoms with Gasteiger partial charge in [0.25, 0.3) is 0 Å². The van der Waals surface area contributed by atoms with Gasteiger partial charge in [-0.2, -0.15) is 0 Å². The Hall–Kier alpha value is -2.63. The Morgan fingerprint density at radius 1 is 1.55 bits per heavy atom. The van der Waals surface area contributed by atoms with E-state index in [2.05, 4.69) is 4.98 Å². The van der Waals surface area contributed by atoms with Crippen LogP contribution in [0.1, 0.15) is 41.5 Å². The fourth-order valence-electron chi connectivity index (χ4n) is 2.55. The lowest BCUT2D eigenvalue weighted by Crippen LogP contribution is -2.17. The number of carbonyl (C=O) groups is 2. The molecule has 0 spiro atoms. The molecule has 2 aromatic rings. The molecule has 2 heterocycles. The van der Waals surface area contributed by atoms with Crippen molar-refractivity contribution in [2.45, 2.75) is 26.4 Å². The van der Waals surface area contributed by atoms with Crippen molar-refractivity contribution in [3.63, 3.8) is 0 Å². The van der Waals surface area contributed by atoms with Crippen LogP contribution >= 0.6 is 0 Å². The summed E-state index contributed by atoms with van der Waals surface area (Å²) in [6.45, 7) is 4.08. The topological polar surface area (TPSA) is 70.4 Å². The molecule has 0 saturated carbocycles. The highest BCUT2D eigenvalue weighted by molar-refractivity contribution is 5.89. The van der Waals surface area contributed by atoms with Gasteiger partial charge in [0.15, 0.2) is 5.69 Å². The van der Waals surface area contributed by atoms with Gasteiger partial charge in [-0.25, -0.2) is 9.78 Å². The predicted molar refractivity (Wildman–Crippen MR) is 78.3 cm³/mol. The zero-order valence-electron chi connectivity index (χ0n) is 12.4.